The van der Waals surface area contributed by atoms with Crippen molar-refractivity contribution in [3.63, 3.8) is 0 Å². The fourth-order valence-corrected chi connectivity index (χ4v) is 2.56. The molecule has 0 fully saturated rings. The molecule has 3 aromatic rings. The topological polar surface area (TPSA) is 70.8 Å². The van der Waals surface area contributed by atoms with Crippen molar-refractivity contribution >= 4 is 34.7 Å². The van der Waals surface area contributed by atoms with Crippen LogP contribution in [0.4, 0.5) is 22.9 Å². The molecular formula is C18H19N5O. The number of rotatable bonds is 4. The van der Waals surface area contributed by atoms with Gasteiger partial charge in [-0.2, -0.15) is 0 Å². The highest BCUT2D eigenvalue weighted by Gasteiger charge is 2.11. The Labute approximate surface area is 139 Å². The number of hydrogen-bond acceptors (Lipinski definition) is 5. The van der Waals surface area contributed by atoms with Crippen molar-refractivity contribution in [3.05, 3.63) is 58.5 Å². The van der Waals surface area contributed by atoms with Crippen LogP contribution in [0.15, 0.2) is 52.4 Å². The predicted octanol–water partition coefficient (Wildman–Crippen LogP) is 3.51. The van der Waals surface area contributed by atoms with Gasteiger partial charge in [-0.05, 0) is 49.7 Å². The number of aryl methyl sites for hydroxylation is 1. The van der Waals surface area contributed by atoms with Crippen molar-refractivity contribution in [3.8, 4) is 0 Å². The third kappa shape index (κ3) is 2.86. The van der Waals surface area contributed by atoms with E-state index in [9.17, 15) is 4.79 Å². The predicted molar refractivity (Wildman–Crippen MR) is 99.3 cm³/mol. The maximum Gasteiger partial charge on any atom is 0.283 e. The molecule has 3 rings (SSSR count). The molecule has 0 aliphatic heterocycles. The molecule has 0 atom stereocenters. The molecule has 0 amide bonds. The number of aromatic nitrogens is 2. The number of benzene rings is 1. The van der Waals surface area contributed by atoms with Crippen molar-refractivity contribution in [2.45, 2.75) is 13.8 Å². The molecule has 0 unspecified atom stereocenters. The van der Waals surface area contributed by atoms with Crippen molar-refractivity contribution in [2.75, 3.05) is 17.7 Å². The van der Waals surface area contributed by atoms with E-state index in [0.717, 1.165) is 16.9 Å². The van der Waals surface area contributed by atoms with E-state index in [0.29, 0.717) is 17.2 Å². The number of hydrogen-bond donors (Lipinski definition) is 2. The lowest BCUT2D eigenvalue weighted by atomic mass is 10.2. The number of pyridine rings is 1. The van der Waals surface area contributed by atoms with Gasteiger partial charge >= 0.3 is 0 Å². The summed E-state index contributed by atoms with van der Waals surface area (Å²) in [4.78, 5) is 21.4. The Morgan fingerprint density at radius 3 is 2.79 bits per heavy atom. The van der Waals surface area contributed by atoms with Crippen molar-refractivity contribution < 1.29 is 0 Å². The third-order valence-corrected chi connectivity index (χ3v) is 3.71. The van der Waals surface area contributed by atoms with Gasteiger partial charge in [-0.1, -0.05) is 6.07 Å². The molecular weight excluding hydrogens is 302 g/mol. The summed E-state index contributed by atoms with van der Waals surface area (Å²) in [6.07, 6.45) is 3.47. The smallest absolute Gasteiger partial charge is 0.283 e. The second-order valence-electron chi connectivity index (χ2n) is 5.33. The van der Waals surface area contributed by atoms with Crippen LogP contribution in [0.3, 0.4) is 0 Å². The molecule has 0 spiro atoms. The second kappa shape index (κ2) is 6.54. The summed E-state index contributed by atoms with van der Waals surface area (Å²) in [5.41, 5.74) is 3.69. The summed E-state index contributed by atoms with van der Waals surface area (Å²) < 4.78 is 1.52. The van der Waals surface area contributed by atoms with E-state index in [1.165, 1.54) is 4.40 Å². The molecule has 2 heterocycles. The van der Waals surface area contributed by atoms with Gasteiger partial charge in [0, 0.05) is 25.1 Å². The molecule has 1 aromatic carbocycles. The van der Waals surface area contributed by atoms with E-state index in [-0.39, 0.29) is 5.56 Å². The second-order valence-corrected chi connectivity index (χ2v) is 5.33. The first-order chi connectivity index (χ1) is 11.6. The van der Waals surface area contributed by atoms with Gasteiger partial charge in [0.2, 0.25) is 0 Å². The van der Waals surface area contributed by atoms with Crippen LogP contribution >= 0.6 is 0 Å². The van der Waals surface area contributed by atoms with Crippen molar-refractivity contribution in [1.82, 2.24) is 9.38 Å². The molecule has 0 aliphatic carbocycles. The van der Waals surface area contributed by atoms with Crippen LogP contribution in [-0.2, 0) is 0 Å². The van der Waals surface area contributed by atoms with Gasteiger partial charge in [0.25, 0.3) is 5.56 Å². The van der Waals surface area contributed by atoms with Gasteiger partial charge in [-0.15, -0.1) is 0 Å². The zero-order valence-electron chi connectivity index (χ0n) is 13.9. The monoisotopic (exact) mass is 321 g/mol. The van der Waals surface area contributed by atoms with Crippen molar-refractivity contribution in [2.24, 2.45) is 4.99 Å². The minimum absolute atomic E-state index is 0.144. The first kappa shape index (κ1) is 15.7. The maximum absolute atomic E-state index is 12.6. The Morgan fingerprint density at radius 1 is 1.25 bits per heavy atom. The average molecular weight is 321 g/mol. The number of nitrogens with one attached hydrogen (secondary N) is 2. The van der Waals surface area contributed by atoms with Crippen LogP contribution < -0.4 is 16.2 Å². The largest absolute Gasteiger partial charge is 0.381 e. The SMILES string of the molecule is CC=Nc1ccc(Nc2nc3ccccn3c(=O)c2NC)cc1C. The molecule has 0 radical (unpaired) electrons. The first-order valence-electron chi connectivity index (χ1n) is 7.69. The molecule has 24 heavy (non-hydrogen) atoms. The lowest BCUT2D eigenvalue weighted by Crippen LogP contribution is -2.20. The van der Waals surface area contributed by atoms with E-state index in [1.807, 2.05) is 38.1 Å². The Kier molecular flexibility index (Phi) is 4.29. The Morgan fingerprint density at radius 2 is 2.08 bits per heavy atom. The summed E-state index contributed by atoms with van der Waals surface area (Å²) in [5, 5.41) is 6.17. The lowest BCUT2D eigenvalue weighted by molar-refractivity contribution is 1.05. The summed E-state index contributed by atoms with van der Waals surface area (Å²) in [6.45, 7) is 3.88. The molecule has 6 nitrogen and oxygen atoms in total. The highest BCUT2D eigenvalue weighted by Crippen LogP contribution is 2.26. The third-order valence-electron chi connectivity index (χ3n) is 3.71. The fraction of sp³-hybridized carbons (Fsp3) is 0.167. The Hall–Kier alpha value is -3.15. The minimum Gasteiger partial charge on any atom is -0.381 e. The molecule has 6 heteroatoms. The number of fused-ring (bicyclic) bond motifs is 1. The van der Waals surface area contributed by atoms with Crippen LogP contribution in [-0.4, -0.2) is 22.6 Å². The summed E-state index contributed by atoms with van der Waals surface area (Å²) in [7, 11) is 1.71. The molecule has 122 valence electrons. The summed E-state index contributed by atoms with van der Waals surface area (Å²) >= 11 is 0. The van der Waals surface area contributed by atoms with E-state index < -0.39 is 0 Å². The average Bonchev–Trinajstić information content (AvgIpc) is 2.58. The number of aliphatic imine (C=N–C) groups is 1. The van der Waals surface area contributed by atoms with Crippen molar-refractivity contribution in [1.29, 1.82) is 0 Å². The van der Waals surface area contributed by atoms with E-state index >= 15 is 0 Å². The zero-order chi connectivity index (χ0) is 17.1. The number of nitrogens with zero attached hydrogens (tertiary/aromatic N) is 3. The van der Waals surface area contributed by atoms with E-state index in [1.54, 1.807) is 31.6 Å². The summed E-state index contributed by atoms with van der Waals surface area (Å²) in [6, 6.07) is 11.3. The highest BCUT2D eigenvalue weighted by atomic mass is 16.1. The zero-order valence-corrected chi connectivity index (χ0v) is 13.9. The molecule has 0 bridgehead atoms. The van der Waals surface area contributed by atoms with Crippen LogP contribution in [0.1, 0.15) is 12.5 Å². The van der Waals surface area contributed by atoms with Gasteiger partial charge in [0.05, 0.1) is 5.69 Å². The molecule has 0 saturated heterocycles. The first-order valence-corrected chi connectivity index (χ1v) is 7.69. The van der Waals surface area contributed by atoms with Gasteiger partial charge in [-0.25, -0.2) is 4.98 Å². The molecule has 2 aromatic heterocycles. The van der Waals surface area contributed by atoms with Gasteiger partial charge < -0.3 is 10.6 Å². The van der Waals surface area contributed by atoms with E-state index in [4.69, 9.17) is 0 Å². The fourth-order valence-electron chi connectivity index (χ4n) is 2.56. The van der Waals surface area contributed by atoms with Gasteiger partial charge in [0.15, 0.2) is 5.82 Å². The van der Waals surface area contributed by atoms with Gasteiger partial charge in [0.1, 0.15) is 11.3 Å². The quantitative estimate of drug-likeness (QED) is 0.721. The normalized spacial score (nSPS) is 11.1. The van der Waals surface area contributed by atoms with Crippen LogP contribution in [0.5, 0.6) is 0 Å². The van der Waals surface area contributed by atoms with Crippen LogP contribution in [0.2, 0.25) is 0 Å². The summed E-state index contributed by atoms with van der Waals surface area (Å²) in [5.74, 6) is 0.500. The maximum atomic E-state index is 12.6. The standard InChI is InChI=1S/C18H19N5O/c1-4-20-14-9-8-13(11-12(14)2)21-17-16(19-3)18(24)23-10-6-5-7-15(23)22-17/h4-11,19,21H,1-3H3. The van der Waals surface area contributed by atoms with E-state index in [2.05, 4.69) is 20.6 Å². The Bertz CT molecular complexity index is 975. The highest BCUT2D eigenvalue weighted by molar-refractivity contribution is 5.73. The van der Waals surface area contributed by atoms with Crippen LogP contribution in [0, 0.1) is 6.92 Å². The number of anilines is 3. The molecule has 0 saturated carbocycles. The molecule has 2 N–H and O–H groups in total. The van der Waals surface area contributed by atoms with Gasteiger partial charge in [-0.3, -0.25) is 14.2 Å². The van der Waals surface area contributed by atoms with Crippen LogP contribution in [0.25, 0.3) is 5.65 Å². The lowest BCUT2D eigenvalue weighted by Gasteiger charge is -2.13. The Balaban J connectivity index is 2.07. The molecule has 0 aliphatic rings. The minimum atomic E-state index is -0.144.